The van der Waals surface area contributed by atoms with Crippen molar-refractivity contribution in [1.29, 1.82) is 0 Å². The van der Waals surface area contributed by atoms with Crippen molar-refractivity contribution in [3.63, 3.8) is 0 Å². The molecular formula is C17H23FN4O2. The standard InChI is InChI=1S/C17H23FN4O2/c1-6-10-21(16(23)24-17(3,4)5)14-12(2)20-22(15(14)18)13-8-7-9-19-11-13/h7-9,11H,6,10H2,1-5H3. The molecule has 0 aliphatic rings. The summed E-state index contributed by atoms with van der Waals surface area (Å²) in [6, 6.07) is 3.40. The number of rotatable bonds is 4. The Morgan fingerprint density at radius 1 is 1.42 bits per heavy atom. The molecule has 0 aliphatic heterocycles. The Morgan fingerprint density at radius 3 is 2.67 bits per heavy atom. The molecule has 130 valence electrons. The van der Waals surface area contributed by atoms with E-state index < -0.39 is 17.6 Å². The first-order valence-corrected chi connectivity index (χ1v) is 7.90. The third-order valence-electron chi connectivity index (χ3n) is 3.20. The quantitative estimate of drug-likeness (QED) is 0.852. The molecule has 7 heteroatoms. The topological polar surface area (TPSA) is 60.3 Å². The van der Waals surface area contributed by atoms with E-state index in [1.807, 2.05) is 6.92 Å². The minimum Gasteiger partial charge on any atom is -0.443 e. The largest absolute Gasteiger partial charge is 0.443 e. The molecule has 2 heterocycles. The van der Waals surface area contributed by atoms with Crippen molar-refractivity contribution in [2.75, 3.05) is 11.4 Å². The number of halogens is 1. The van der Waals surface area contributed by atoms with Crippen LogP contribution in [-0.4, -0.2) is 33.0 Å². The van der Waals surface area contributed by atoms with Gasteiger partial charge < -0.3 is 4.74 Å². The van der Waals surface area contributed by atoms with Gasteiger partial charge in [-0.15, -0.1) is 0 Å². The second-order valence-electron chi connectivity index (χ2n) is 6.48. The zero-order chi connectivity index (χ0) is 17.9. The number of nitrogens with zero attached hydrogens (tertiary/aromatic N) is 4. The number of aromatic nitrogens is 3. The number of hydrogen-bond donors (Lipinski definition) is 0. The van der Waals surface area contributed by atoms with Crippen LogP contribution in [0.2, 0.25) is 0 Å². The molecule has 2 aromatic rings. The van der Waals surface area contributed by atoms with Gasteiger partial charge in [0.15, 0.2) is 0 Å². The molecule has 0 saturated heterocycles. The smallest absolute Gasteiger partial charge is 0.415 e. The van der Waals surface area contributed by atoms with E-state index in [9.17, 15) is 9.18 Å². The summed E-state index contributed by atoms with van der Waals surface area (Å²) in [7, 11) is 0. The Hall–Kier alpha value is -2.44. The van der Waals surface area contributed by atoms with E-state index >= 15 is 0 Å². The molecule has 6 nitrogen and oxygen atoms in total. The molecule has 0 aromatic carbocycles. The molecule has 0 spiro atoms. The number of amides is 1. The van der Waals surface area contributed by atoms with Crippen LogP contribution in [0, 0.1) is 12.9 Å². The maximum Gasteiger partial charge on any atom is 0.415 e. The zero-order valence-corrected chi connectivity index (χ0v) is 14.7. The number of hydrogen-bond acceptors (Lipinski definition) is 4. The summed E-state index contributed by atoms with van der Waals surface area (Å²) in [4.78, 5) is 17.8. The third-order valence-corrected chi connectivity index (χ3v) is 3.20. The first-order valence-electron chi connectivity index (χ1n) is 7.90. The number of anilines is 1. The van der Waals surface area contributed by atoms with Gasteiger partial charge in [0.05, 0.1) is 17.6 Å². The Kier molecular flexibility index (Phi) is 5.21. The summed E-state index contributed by atoms with van der Waals surface area (Å²) in [5, 5.41) is 4.21. The van der Waals surface area contributed by atoms with Crippen molar-refractivity contribution < 1.29 is 13.9 Å². The predicted octanol–water partition coefficient (Wildman–Crippen LogP) is 3.87. The van der Waals surface area contributed by atoms with Crippen molar-refractivity contribution >= 4 is 11.8 Å². The zero-order valence-electron chi connectivity index (χ0n) is 14.7. The molecule has 0 radical (unpaired) electrons. The number of carbonyl (C=O) groups excluding carboxylic acids is 1. The van der Waals surface area contributed by atoms with E-state index in [4.69, 9.17) is 4.74 Å². The summed E-state index contributed by atoms with van der Waals surface area (Å²) in [5.41, 5.74) is 0.378. The normalized spacial score (nSPS) is 11.4. The SMILES string of the molecule is CCCN(C(=O)OC(C)(C)C)c1c(C)nn(-c2cccnc2)c1F. The van der Waals surface area contributed by atoms with Crippen LogP contribution < -0.4 is 4.90 Å². The maximum atomic E-state index is 15.0. The molecule has 1 amide bonds. The Labute approximate surface area is 141 Å². The first-order chi connectivity index (χ1) is 11.2. The van der Waals surface area contributed by atoms with Crippen molar-refractivity contribution in [2.45, 2.75) is 46.6 Å². The highest BCUT2D eigenvalue weighted by molar-refractivity contribution is 5.88. The van der Waals surface area contributed by atoms with E-state index in [2.05, 4.69) is 10.1 Å². The van der Waals surface area contributed by atoms with Gasteiger partial charge in [-0.3, -0.25) is 9.88 Å². The Bertz CT molecular complexity index is 707. The van der Waals surface area contributed by atoms with Crippen molar-refractivity contribution in [3.05, 3.63) is 36.2 Å². The molecule has 24 heavy (non-hydrogen) atoms. The predicted molar refractivity (Wildman–Crippen MR) is 89.9 cm³/mol. The average Bonchev–Trinajstić information content (AvgIpc) is 2.79. The van der Waals surface area contributed by atoms with E-state index in [0.29, 0.717) is 24.3 Å². The average molecular weight is 334 g/mol. The van der Waals surface area contributed by atoms with Gasteiger partial charge in [0, 0.05) is 12.7 Å². The minimum absolute atomic E-state index is 0.134. The van der Waals surface area contributed by atoms with Crippen molar-refractivity contribution in [3.8, 4) is 5.69 Å². The molecule has 0 aliphatic carbocycles. The van der Waals surface area contributed by atoms with Gasteiger partial charge >= 0.3 is 6.09 Å². The number of ether oxygens (including phenoxy) is 1. The summed E-state index contributed by atoms with van der Waals surface area (Å²) in [6.45, 7) is 9.24. The summed E-state index contributed by atoms with van der Waals surface area (Å²) >= 11 is 0. The summed E-state index contributed by atoms with van der Waals surface area (Å²) in [6.07, 6.45) is 3.19. The third kappa shape index (κ3) is 3.90. The lowest BCUT2D eigenvalue weighted by Crippen LogP contribution is -2.38. The highest BCUT2D eigenvalue weighted by Crippen LogP contribution is 2.27. The van der Waals surface area contributed by atoms with Gasteiger partial charge in [-0.05, 0) is 46.2 Å². The maximum absolute atomic E-state index is 15.0. The van der Waals surface area contributed by atoms with Crippen LogP contribution in [-0.2, 0) is 4.74 Å². The van der Waals surface area contributed by atoms with Crippen molar-refractivity contribution in [2.24, 2.45) is 0 Å². The van der Waals surface area contributed by atoms with Crippen LogP contribution in [0.25, 0.3) is 5.69 Å². The van der Waals surface area contributed by atoms with Crippen LogP contribution in [0.15, 0.2) is 24.5 Å². The van der Waals surface area contributed by atoms with E-state index in [1.165, 1.54) is 11.1 Å². The van der Waals surface area contributed by atoms with Crippen molar-refractivity contribution in [1.82, 2.24) is 14.8 Å². The van der Waals surface area contributed by atoms with Crippen LogP contribution >= 0.6 is 0 Å². The molecule has 0 atom stereocenters. The van der Waals surface area contributed by atoms with Gasteiger partial charge in [0.25, 0.3) is 0 Å². The fourth-order valence-corrected chi connectivity index (χ4v) is 2.28. The fourth-order valence-electron chi connectivity index (χ4n) is 2.28. The molecule has 0 N–H and O–H groups in total. The van der Waals surface area contributed by atoms with Crippen LogP contribution in [0.5, 0.6) is 0 Å². The van der Waals surface area contributed by atoms with Gasteiger partial charge in [0.2, 0.25) is 5.95 Å². The minimum atomic E-state index is -0.660. The molecular weight excluding hydrogens is 311 g/mol. The second kappa shape index (κ2) is 6.98. The van der Waals surface area contributed by atoms with Crippen LogP contribution in [0.3, 0.4) is 0 Å². The van der Waals surface area contributed by atoms with Gasteiger partial charge in [-0.1, -0.05) is 6.92 Å². The molecule has 0 fully saturated rings. The highest BCUT2D eigenvalue weighted by Gasteiger charge is 2.29. The number of carbonyl (C=O) groups is 1. The highest BCUT2D eigenvalue weighted by atomic mass is 19.1. The first kappa shape index (κ1) is 17.9. The van der Waals surface area contributed by atoms with Gasteiger partial charge in [-0.25, -0.2) is 9.48 Å². The number of aryl methyl sites for hydroxylation is 1. The molecule has 2 rings (SSSR count). The summed E-state index contributed by atoms with van der Waals surface area (Å²) < 4.78 is 21.5. The lowest BCUT2D eigenvalue weighted by molar-refractivity contribution is 0.0578. The molecule has 2 aromatic heterocycles. The Balaban J connectivity index is 2.44. The van der Waals surface area contributed by atoms with E-state index in [-0.39, 0.29) is 5.69 Å². The lowest BCUT2D eigenvalue weighted by Gasteiger charge is -2.26. The molecule has 0 bridgehead atoms. The molecule has 0 unspecified atom stereocenters. The van der Waals surface area contributed by atoms with E-state index in [1.54, 1.807) is 46.0 Å². The fraction of sp³-hybridized carbons (Fsp3) is 0.471. The monoisotopic (exact) mass is 334 g/mol. The molecule has 0 saturated carbocycles. The van der Waals surface area contributed by atoms with Crippen LogP contribution in [0.1, 0.15) is 39.8 Å². The van der Waals surface area contributed by atoms with Gasteiger partial charge in [0.1, 0.15) is 11.3 Å². The Morgan fingerprint density at radius 2 is 2.12 bits per heavy atom. The second-order valence-corrected chi connectivity index (χ2v) is 6.48. The van der Waals surface area contributed by atoms with Crippen LogP contribution in [0.4, 0.5) is 14.9 Å². The lowest BCUT2D eigenvalue weighted by atomic mass is 10.2. The number of pyridine rings is 1. The van der Waals surface area contributed by atoms with Gasteiger partial charge in [-0.2, -0.15) is 9.49 Å². The summed E-state index contributed by atoms with van der Waals surface area (Å²) in [5.74, 6) is -0.611. The van der Waals surface area contributed by atoms with E-state index in [0.717, 1.165) is 4.68 Å².